The maximum absolute atomic E-state index is 6.03. The van der Waals surface area contributed by atoms with Gasteiger partial charge in [-0.3, -0.25) is 0 Å². The highest BCUT2D eigenvalue weighted by atomic mass is 17.0. The van der Waals surface area contributed by atoms with E-state index in [4.69, 9.17) is 14.2 Å². The second-order valence-electron chi connectivity index (χ2n) is 4.69. The Kier molecular flexibility index (Phi) is 1.08. The lowest BCUT2D eigenvalue weighted by molar-refractivity contribution is -0.0939. The summed E-state index contributed by atoms with van der Waals surface area (Å²) >= 11 is 0. The molecule has 4 fully saturated rings. The van der Waals surface area contributed by atoms with Crippen LogP contribution in [-0.4, -0.2) is 23.8 Å². The lowest BCUT2D eigenvalue weighted by Gasteiger charge is -2.16. The largest absolute Gasteiger partial charge is 0.342 e. The first-order valence-electron chi connectivity index (χ1n) is 5.40. The Hall–Kier alpha value is -0.120. The molecule has 0 N–H and O–H groups in total. The topological polar surface area (TPSA) is 34.3 Å². The first-order chi connectivity index (χ1) is 6.35. The Morgan fingerprint density at radius 2 is 2.00 bits per heavy atom. The van der Waals surface area contributed by atoms with Crippen LogP contribution in [0.3, 0.4) is 0 Å². The monoisotopic (exact) mass is 182 g/mol. The van der Waals surface area contributed by atoms with Crippen LogP contribution in [0.15, 0.2) is 0 Å². The van der Waals surface area contributed by atoms with Crippen LogP contribution in [0.1, 0.15) is 38.5 Å². The zero-order chi connectivity index (χ0) is 8.52. The Balaban J connectivity index is 1.51. The molecule has 3 heteroatoms. The first-order valence-corrected chi connectivity index (χ1v) is 5.40. The van der Waals surface area contributed by atoms with Gasteiger partial charge in [0.25, 0.3) is 5.79 Å². The summed E-state index contributed by atoms with van der Waals surface area (Å²) in [6.45, 7) is 0. The molecular formula is C10H14O3. The van der Waals surface area contributed by atoms with Crippen LogP contribution in [0.4, 0.5) is 0 Å². The minimum atomic E-state index is -0.285. The minimum absolute atomic E-state index is 0.240. The van der Waals surface area contributed by atoms with Crippen LogP contribution in [0.5, 0.6) is 0 Å². The maximum Gasteiger partial charge on any atom is 0.254 e. The van der Waals surface area contributed by atoms with Crippen molar-refractivity contribution in [3.05, 3.63) is 0 Å². The number of ether oxygens (including phenoxy) is 3. The van der Waals surface area contributed by atoms with Crippen molar-refractivity contribution in [2.45, 2.75) is 62.3 Å². The van der Waals surface area contributed by atoms with Gasteiger partial charge in [0.1, 0.15) is 6.10 Å². The van der Waals surface area contributed by atoms with Crippen molar-refractivity contribution < 1.29 is 14.2 Å². The predicted molar refractivity (Wildman–Crippen MR) is 44.0 cm³/mol. The van der Waals surface area contributed by atoms with Crippen molar-refractivity contribution in [3.63, 3.8) is 0 Å². The zero-order valence-corrected chi connectivity index (χ0v) is 7.62. The Labute approximate surface area is 77.3 Å². The van der Waals surface area contributed by atoms with Crippen molar-refractivity contribution in [3.8, 4) is 0 Å². The van der Waals surface area contributed by atoms with Crippen molar-refractivity contribution in [1.29, 1.82) is 0 Å². The summed E-state index contributed by atoms with van der Waals surface area (Å²) in [4.78, 5) is 0. The van der Waals surface area contributed by atoms with E-state index in [-0.39, 0.29) is 11.6 Å². The van der Waals surface area contributed by atoms with Crippen LogP contribution in [0, 0.1) is 0 Å². The van der Waals surface area contributed by atoms with Gasteiger partial charge in [-0.1, -0.05) is 12.8 Å². The number of epoxide rings is 2. The molecule has 0 aromatic rings. The van der Waals surface area contributed by atoms with Gasteiger partial charge >= 0.3 is 0 Å². The van der Waals surface area contributed by atoms with Gasteiger partial charge in [0.15, 0.2) is 0 Å². The minimum Gasteiger partial charge on any atom is -0.342 e. The highest BCUT2D eigenvalue weighted by molar-refractivity contribution is 5.24. The van der Waals surface area contributed by atoms with Crippen molar-refractivity contribution in [2.75, 3.05) is 0 Å². The summed E-state index contributed by atoms with van der Waals surface area (Å²) in [5, 5.41) is 0. The fourth-order valence-electron chi connectivity index (χ4n) is 3.06. The molecule has 72 valence electrons. The average molecular weight is 182 g/mol. The standard InChI is InChI=1S/C10H14O3/c1-2-4-7(3-1)11-9-6-5-8-10(9,12-8)13-9/h7-8H,1-6H2. The highest BCUT2D eigenvalue weighted by Gasteiger charge is 2.91. The summed E-state index contributed by atoms with van der Waals surface area (Å²) in [5.41, 5.74) is 0. The number of rotatable bonds is 2. The van der Waals surface area contributed by atoms with Crippen molar-refractivity contribution >= 4 is 0 Å². The van der Waals surface area contributed by atoms with E-state index in [0.717, 1.165) is 12.8 Å². The lowest BCUT2D eigenvalue weighted by Crippen LogP contribution is -2.24. The third-order valence-electron chi connectivity index (χ3n) is 3.88. The molecule has 0 radical (unpaired) electrons. The molecule has 0 amide bonds. The fourth-order valence-corrected chi connectivity index (χ4v) is 3.06. The molecule has 2 aliphatic heterocycles. The van der Waals surface area contributed by atoms with Gasteiger partial charge in [-0.2, -0.15) is 0 Å². The van der Waals surface area contributed by atoms with Crippen molar-refractivity contribution in [1.82, 2.24) is 0 Å². The van der Waals surface area contributed by atoms with Crippen LogP contribution in [0.2, 0.25) is 0 Å². The van der Waals surface area contributed by atoms with Crippen LogP contribution in [0.25, 0.3) is 0 Å². The molecule has 3 unspecified atom stereocenters. The third-order valence-corrected chi connectivity index (χ3v) is 3.88. The maximum atomic E-state index is 6.03. The molecule has 0 aromatic carbocycles. The Morgan fingerprint density at radius 3 is 2.54 bits per heavy atom. The van der Waals surface area contributed by atoms with E-state index in [1.807, 2.05) is 0 Å². The molecule has 3 atom stereocenters. The van der Waals surface area contributed by atoms with Gasteiger partial charge in [-0.15, -0.1) is 0 Å². The molecule has 4 rings (SSSR count). The van der Waals surface area contributed by atoms with E-state index in [1.165, 1.54) is 25.7 Å². The summed E-state index contributed by atoms with van der Waals surface area (Å²) in [5.74, 6) is -0.526. The van der Waals surface area contributed by atoms with Gasteiger partial charge in [0, 0.05) is 6.42 Å². The molecule has 13 heavy (non-hydrogen) atoms. The third kappa shape index (κ3) is 0.729. The number of hydrogen-bond donors (Lipinski definition) is 0. The summed E-state index contributed by atoms with van der Waals surface area (Å²) in [7, 11) is 0. The van der Waals surface area contributed by atoms with Gasteiger partial charge in [-0.05, 0) is 19.3 Å². The lowest BCUT2D eigenvalue weighted by atomic mass is 10.2. The summed E-state index contributed by atoms with van der Waals surface area (Å²) < 4.78 is 17.1. The number of hydrogen-bond acceptors (Lipinski definition) is 3. The molecule has 2 aliphatic carbocycles. The SMILES string of the molecule is C1CCC(OC23CCC4OC42O3)C1. The van der Waals surface area contributed by atoms with Gasteiger partial charge < -0.3 is 14.2 Å². The Morgan fingerprint density at radius 1 is 1.15 bits per heavy atom. The van der Waals surface area contributed by atoms with E-state index in [9.17, 15) is 0 Å². The molecule has 2 saturated heterocycles. The fraction of sp³-hybridized carbons (Fsp3) is 1.00. The normalized spacial score (nSPS) is 57.7. The van der Waals surface area contributed by atoms with E-state index < -0.39 is 0 Å². The molecule has 2 saturated carbocycles. The summed E-state index contributed by atoms with van der Waals surface area (Å²) in [6, 6.07) is 0. The molecule has 3 nitrogen and oxygen atoms in total. The molecular weight excluding hydrogens is 168 g/mol. The smallest absolute Gasteiger partial charge is 0.254 e. The van der Waals surface area contributed by atoms with Crippen LogP contribution in [-0.2, 0) is 14.2 Å². The van der Waals surface area contributed by atoms with Crippen LogP contribution < -0.4 is 0 Å². The van der Waals surface area contributed by atoms with Crippen LogP contribution >= 0.6 is 0 Å². The molecule has 0 bridgehead atoms. The molecule has 2 heterocycles. The van der Waals surface area contributed by atoms with E-state index in [0.29, 0.717) is 12.2 Å². The zero-order valence-electron chi connectivity index (χ0n) is 7.62. The second-order valence-corrected chi connectivity index (χ2v) is 4.69. The predicted octanol–water partition coefficient (Wildman–Crippen LogP) is 1.56. The first kappa shape index (κ1) is 7.21. The molecule has 0 aromatic heterocycles. The van der Waals surface area contributed by atoms with Crippen molar-refractivity contribution in [2.24, 2.45) is 0 Å². The quantitative estimate of drug-likeness (QED) is 0.608. The van der Waals surface area contributed by atoms with E-state index >= 15 is 0 Å². The van der Waals surface area contributed by atoms with Gasteiger partial charge in [-0.25, -0.2) is 0 Å². The Bertz CT molecular complexity index is 255. The highest BCUT2D eigenvalue weighted by Crippen LogP contribution is 2.72. The second kappa shape index (κ2) is 1.95. The van der Waals surface area contributed by atoms with E-state index in [2.05, 4.69) is 0 Å². The summed E-state index contributed by atoms with van der Waals surface area (Å²) in [6.07, 6.45) is 8.06. The average Bonchev–Trinajstić information content (AvgIpc) is 2.87. The van der Waals surface area contributed by atoms with Gasteiger partial charge in [0.2, 0.25) is 5.79 Å². The molecule has 4 aliphatic rings. The molecule has 1 spiro atoms. The van der Waals surface area contributed by atoms with E-state index in [1.54, 1.807) is 0 Å². The van der Waals surface area contributed by atoms with Gasteiger partial charge in [0.05, 0.1) is 6.10 Å².